The molecule has 0 saturated carbocycles. The van der Waals surface area contributed by atoms with Crippen LogP contribution in [0.4, 0.5) is 10.5 Å². The summed E-state index contributed by atoms with van der Waals surface area (Å²) in [4.78, 5) is 12.4. The number of carbonyl (C=O) groups excluding carboxylic acids is 1. The van der Waals surface area contributed by atoms with Crippen molar-refractivity contribution in [1.29, 1.82) is 0 Å². The summed E-state index contributed by atoms with van der Waals surface area (Å²) < 4.78 is 0. The van der Waals surface area contributed by atoms with Crippen LogP contribution in [0.3, 0.4) is 0 Å². The number of rotatable bonds is 3. The van der Waals surface area contributed by atoms with E-state index in [0.717, 1.165) is 5.69 Å². The third kappa shape index (κ3) is 3.68. The molecular weight excluding hydrogens is 192 g/mol. The van der Waals surface area contributed by atoms with Gasteiger partial charge in [-0.1, -0.05) is 18.2 Å². The Morgan fingerprint density at radius 2 is 2.07 bits per heavy atom. The predicted molar refractivity (Wildman–Crippen MR) is 60.8 cm³/mol. The zero-order valence-corrected chi connectivity index (χ0v) is 8.77. The van der Waals surface area contributed by atoms with Gasteiger partial charge in [0.25, 0.3) is 0 Å². The van der Waals surface area contributed by atoms with E-state index >= 15 is 0 Å². The smallest absolute Gasteiger partial charge is 0.322 e. The van der Waals surface area contributed by atoms with Gasteiger partial charge in [-0.05, 0) is 12.1 Å². The molecule has 0 unspecified atom stereocenters. The summed E-state index contributed by atoms with van der Waals surface area (Å²) in [5.74, 6) is 0. The first-order valence-electron chi connectivity index (χ1n) is 4.53. The average molecular weight is 206 g/mol. The Bertz CT molecular complexity index is 337. The summed E-state index contributed by atoms with van der Waals surface area (Å²) in [6.07, 6.45) is 1.41. The summed E-state index contributed by atoms with van der Waals surface area (Å²) >= 11 is 0. The lowest BCUT2D eigenvalue weighted by molar-refractivity contribution is 0.229. The first-order valence-corrected chi connectivity index (χ1v) is 4.53. The van der Waals surface area contributed by atoms with E-state index in [4.69, 9.17) is 0 Å². The van der Waals surface area contributed by atoms with Gasteiger partial charge in [0.15, 0.2) is 0 Å². The first kappa shape index (κ1) is 11.0. The van der Waals surface area contributed by atoms with Gasteiger partial charge in [-0.3, -0.25) is 10.3 Å². The Morgan fingerprint density at radius 3 is 2.67 bits per heavy atom. The number of urea groups is 1. The van der Waals surface area contributed by atoms with Crippen molar-refractivity contribution in [2.24, 2.45) is 5.10 Å². The Kier molecular flexibility index (Phi) is 4.15. The molecule has 0 aliphatic carbocycles. The molecule has 0 atom stereocenters. The molecule has 2 N–H and O–H groups in total. The van der Waals surface area contributed by atoms with Gasteiger partial charge >= 0.3 is 6.03 Å². The van der Waals surface area contributed by atoms with Crippen LogP contribution in [-0.4, -0.2) is 31.4 Å². The Labute approximate surface area is 88.8 Å². The maximum atomic E-state index is 11.0. The standard InChI is InChI=1S/C10H14N4O/c1-11-10(15)14(2)8-12-13-9-6-4-3-5-7-9/h3-8,13H,1-2H3,(H,11,15)/b12-8+. The maximum absolute atomic E-state index is 11.0. The molecule has 1 aromatic carbocycles. The number of anilines is 1. The van der Waals surface area contributed by atoms with Crippen molar-refractivity contribution in [3.63, 3.8) is 0 Å². The van der Waals surface area contributed by atoms with Gasteiger partial charge in [0.1, 0.15) is 6.34 Å². The summed E-state index contributed by atoms with van der Waals surface area (Å²) in [6.45, 7) is 0. The number of amides is 2. The summed E-state index contributed by atoms with van der Waals surface area (Å²) in [6, 6.07) is 9.29. The Hall–Kier alpha value is -2.04. The Morgan fingerprint density at radius 1 is 1.40 bits per heavy atom. The highest BCUT2D eigenvalue weighted by Crippen LogP contribution is 2.03. The Balaban J connectivity index is 2.43. The third-order valence-electron chi connectivity index (χ3n) is 1.73. The van der Waals surface area contributed by atoms with Gasteiger partial charge in [-0.15, -0.1) is 0 Å². The van der Waals surface area contributed by atoms with Crippen LogP contribution in [0.1, 0.15) is 0 Å². The van der Waals surface area contributed by atoms with E-state index in [1.807, 2.05) is 30.3 Å². The number of para-hydroxylation sites is 1. The van der Waals surface area contributed by atoms with E-state index < -0.39 is 0 Å². The lowest BCUT2D eigenvalue weighted by atomic mass is 10.3. The molecule has 0 bridgehead atoms. The van der Waals surface area contributed by atoms with Crippen LogP contribution < -0.4 is 10.7 Å². The molecule has 0 aliphatic rings. The fourth-order valence-corrected chi connectivity index (χ4v) is 0.931. The van der Waals surface area contributed by atoms with Crippen LogP contribution in [0.5, 0.6) is 0 Å². The molecule has 1 rings (SSSR count). The summed E-state index contributed by atoms with van der Waals surface area (Å²) in [7, 11) is 3.19. The number of hydrogen-bond acceptors (Lipinski definition) is 3. The number of carbonyl (C=O) groups is 1. The second-order valence-electron chi connectivity index (χ2n) is 2.89. The highest BCUT2D eigenvalue weighted by atomic mass is 16.2. The van der Waals surface area contributed by atoms with Crippen LogP contribution in [0.2, 0.25) is 0 Å². The highest BCUT2D eigenvalue weighted by Gasteiger charge is 2.00. The van der Waals surface area contributed by atoms with Crippen molar-refractivity contribution in [2.45, 2.75) is 0 Å². The molecular formula is C10H14N4O. The molecule has 0 fully saturated rings. The fourth-order valence-electron chi connectivity index (χ4n) is 0.931. The molecule has 1 aromatic rings. The summed E-state index contributed by atoms with van der Waals surface area (Å²) in [5, 5.41) is 6.38. The minimum Gasteiger partial charge on any atom is -0.341 e. The van der Waals surface area contributed by atoms with Gasteiger partial charge in [0.05, 0.1) is 5.69 Å². The van der Waals surface area contributed by atoms with Crippen LogP contribution in [-0.2, 0) is 0 Å². The SMILES string of the molecule is CNC(=O)N(C)/C=N/Nc1ccccc1. The van der Waals surface area contributed by atoms with E-state index in [0.29, 0.717) is 0 Å². The second-order valence-corrected chi connectivity index (χ2v) is 2.89. The number of nitrogens with zero attached hydrogens (tertiary/aromatic N) is 2. The van der Waals surface area contributed by atoms with Crippen molar-refractivity contribution in [3.05, 3.63) is 30.3 Å². The summed E-state index contributed by atoms with van der Waals surface area (Å²) in [5.41, 5.74) is 3.68. The molecule has 0 saturated heterocycles. The molecule has 0 heterocycles. The molecule has 0 aliphatic heterocycles. The quantitative estimate of drug-likeness (QED) is 0.445. The van der Waals surface area contributed by atoms with Crippen LogP contribution in [0, 0.1) is 0 Å². The average Bonchev–Trinajstić information content (AvgIpc) is 2.29. The first-order chi connectivity index (χ1) is 7.24. The van der Waals surface area contributed by atoms with E-state index in [1.165, 1.54) is 11.2 Å². The third-order valence-corrected chi connectivity index (χ3v) is 1.73. The lowest BCUT2D eigenvalue weighted by Crippen LogP contribution is -2.33. The molecule has 0 spiro atoms. The number of benzene rings is 1. The van der Waals surface area contributed by atoms with Crippen LogP contribution in [0.15, 0.2) is 35.4 Å². The van der Waals surface area contributed by atoms with Crippen molar-refractivity contribution in [1.82, 2.24) is 10.2 Å². The number of hydrogen-bond donors (Lipinski definition) is 2. The van der Waals surface area contributed by atoms with Crippen molar-refractivity contribution < 1.29 is 4.79 Å². The second kappa shape index (κ2) is 5.64. The molecule has 5 nitrogen and oxygen atoms in total. The van der Waals surface area contributed by atoms with Gasteiger partial charge in [-0.2, -0.15) is 5.10 Å². The van der Waals surface area contributed by atoms with Crippen molar-refractivity contribution in [3.8, 4) is 0 Å². The molecule has 0 aromatic heterocycles. The van der Waals surface area contributed by atoms with E-state index in [1.54, 1.807) is 14.1 Å². The van der Waals surface area contributed by atoms with E-state index in [-0.39, 0.29) is 6.03 Å². The number of nitrogens with one attached hydrogen (secondary N) is 2. The maximum Gasteiger partial charge on any atom is 0.322 e. The van der Waals surface area contributed by atoms with Gasteiger partial charge in [0.2, 0.25) is 0 Å². The van der Waals surface area contributed by atoms with Gasteiger partial charge in [0, 0.05) is 14.1 Å². The van der Waals surface area contributed by atoms with Gasteiger partial charge in [-0.25, -0.2) is 4.79 Å². The van der Waals surface area contributed by atoms with E-state index in [9.17, 15) is 4.79 Å². The molecule has 0 radical (unpaired) electrons. The minimum absolute atomic E-state index is 0.214. The van der Waals surface area contributed by atoms with Crippen LogP contribution >= 0.6 is 0 Å². The monoisotopic (exact) mass is 206 g/mol. The lowest BCUT2D eigenvalue weighted by Gasteiger charge is -2.09. The molecule has 5 heteroatoms. The largest absolute Gasteiger partial charge is 0.341 e. The van der Waals surface area contributed by atoms with Crippen molar-refractivity contribution >= 4 is 18.1 Å². The fraction of sp³-hybridized carbons (Fsp3) is 0.200. The topological polar surface area (TPSA) is 56.7 Å². The predicted octanol–water partition coefficient (Wildman–Crippen LogP) is 1.31. The zero-order valence-electron chi connectivity index (χ0n) is 8.77. The molecule has 15 heavy (non-hydrogen) atoms. The van der Waals surface area contributed by atoms with Gasteiger partial charge < -0.3 is 5.32 Å². The molecule has 2 amide bonds. The van der Waals surface area contributed by atoms with Crippen molar-refractivity contribution in [2.75, 3.05) is 19.5 Å². The number of hydrazone groups is 1. The molecule has 80 valence electrons. The normalized spacial score (nSPS) is 10.0. The minimum atomic E-state index is -0.214. The highest BCUT2D eigenvalue weighted by molar-refractivity contribution is 5.85. The van der Waals surface area contributed by atoms with E-state index in [2.05, 4.69) is 15.8 Å². The van der Waals surface area contributed by atoms with Crippen LogP contribution in [0.25, 0.3) is 0 Å². The zero-order chi connectivity index (χ0) is 11.1.